The fourth-order valence-electron chi connectivity index (χ4n) is 1.89. The maximum Gasteiger partial charge on any atom is 0.314 e. The number of imidazole rings is 1. The standard InChI is InChI=1S/C15H16N2O4/c18-14(9-21-8-11-4-2-1-3-5-11)13(15(19)20)6-12-7-16-10-17-12/h1-5,7,10,13H,6,8-9H2,(H,16,17)(H,19,20). The fourth-order valence-corrected chi connectivity index (χ4v) is 1.89. The lowest BCUT2D eigenvalue weighted by Crippen LogP contribution is -2.29. The Morgan fingerprint density at radius 3 is 2.67 bits per heavy atom. The summed E-state index contributed by atoms with van der Waals surface area (Å²) in [6.45, 7) is 0.0532. The van der Waals surface area contributed by atoms with E-state index < -0.39 is 17.7 Å². The number of hydrogen-bond donors (Lipinski definition) is 2. The Kier molecular flexibility index (Phi) is 5.22. The Morgan fingerprint density at radius 2 is 2.05 bits per heavy atom. The molecule has 0 aliphatic rings. The van der Waals surface area contributed by atoms with Crippen LogP contribution in [0.4, 0.5) is 0 Å². The van der Waals surface area contributed by atoms with E-state index in [0.717, 1.165) is 5.56 Å². The Balaban J connectivity index is 1.85. The first-order valence-corrected chi connectivity index (χ1v) is 6.51. The van der Waals surface area contributed by atoms with E-state index in [1.165, 1.54) is 6.33 Å². The zero-order valence-corrected chi connectivity index (χ0v) is 11.4. The maximum absolute atomic E-state index is 12.0. The van der Waals surface area contributed by atoms with Gasteiger partial charge in [-0.15, -0.1) is 0 Å². The van der Waals surface area contributed by atoms with Gasteiger partial charge in [-0.25, -0.2) is 4.98 Å². The van der Waals surface area contributed by atoms with Crippen LogP contribution in [0.2, 0.25) is 0 Å². The number of carbonyl (C=O) groups is 2. The first-order chi connectivity index (χ1) is 10.2. The van der Waals surface area contributed by atoms with Crippen molar-refractivity contribution in [1.82, 2.24) is 9.97 Å². The number of benzene rings is 1. The minimum Gasteiger partial charge on any atom is -0.481 e. The van der Waals surface area contributed by atoms with Gasteiger partial charge in [-0.05, 0) is 5.56 Å². The molecular weight excluding hydrogens is 272 g/mol. The van der Waals surface area contributed by atoms with Crippen molar-refractivity contribution in [2.45, 2.75) is 13.0 Å². The predicted octanol–water partition coefficient (Wildman–Crippen LogP) is 1.44. The smallest absolute Gasteiger partial charge is 0.314 e. The van der Waals surface area contributed by atoms with Crippen LogP contribution in [0.3, 0.4) is 0 Å². The summed E-state index contributed by atoms with van der Waals surface area (Å²) in [5.41, 5.74) is 1.48. The molecule has 2 aromatic rings. The normalized spacial score (nSPS) is 12.0. The van der Waals surface area contributed by atoms with Gasteiger partial charge in [0.1, 0.15) is 12.5 Å². The number of H-pyrrole nitrogens is 1. The number of carboxylic acids is 1. The van der Waals surface area contributed by atoms with E-state index in [-0.39, 0.29) is 19.6 Å². The van der Waals surface area contributed by atoms with E-state index in [9.17, 15) is 9.59 Å². The number of aliphatic carboxylic acids is 1. The second-order valence-electron chi connectivity index (χ2n) is 4.60. The minimum atomic E-state index is -1.16. The first kappa shape index (κ1) is 14.9. The number of ether oxygens (including phenoxy) is 1. The molecule has 0 saturated carbocycles. The summed E-state index contributed by atoms with van der Waals surface area (Å²) in [5.74, 6) is -2.75. The van der Waals surface area contributed by atoms with E-state index >= 15 is 0 Å². The Hall–Kier alpha value is -2.47. The summed E-state index contributed by atoms with van der Waals surface area (Å²) in [6.07, 6.45) is 3.09. The van der Waals surface area contributed by atoms with Crippen molar-refractivity contribution in [3.63, 3.8) is 0 Å². The third kappa shape index (κ3) is 4.54. The van der Waals surface area contributed by atoms with Crippen molar-refractivity contribution in [3.8, 4) is 0 Å². The molecule has 2 rings (SSSR count). The number of Topliss-reactive ketones (excluding diaryl/α,β-unsaturated/α-hetero) is 1. The van der Waals surface area contributed by atoms with Gasteiger partial charge in [0.2, 0.25) is 0 Å². The van der Waals surface area contributed by atoms with Gasteiger partial charge in [-0.3, -0.25) is 9.59 Å². The first-order valence-electron chi connectivity index (χ1n) is 6.51. The molecule has 0 radical (unpaired) electrons. The third-order valence-electron chi connectivity index (χ3n) is 3.01. The highest BCUT2D eigenvalue weighted by atomic mass is 16.5. The molecule has 6 heteroatoms. The molecule has 0 fully saturated rings. The summed E-state index contributed by atoms with van der Waals surface area (Å²) in [5, 5.41) is 9.14. The average molecular weight is 288 g/mol. The molecule has 110 valence electrons. The summed E-state index contributed by atoms with van der Waals surface area (Å²) >= 11 is 0. The maximum atomic E-state index is 12.0. The lowest BCUT2D eigenvalue weighted by Gasteiger charge is -2.10. The third-order valence-corrected chi connectivity index (χ3v) is 3.01. The molecule has 21 heavy (non-hydrogen) atoms. The molecule has 0 saturated heterocycles. The SMILES string of the molecule is O=C(O)C(Cc1c[nH]cn1)C(=O)COCc1ccccc1. The van der Waals surface area contributed by atoms with E-state index in [2.05, 4.69) is 9.97 Å². The highest BCUT2D eigenvalue weighted by Crippen LogP contribution is 2.09. The monoisotopic (exact) mass is 288 g/mol. The van der Waals surface area contributed by atoms with Gasteiger partial charge in [-0.1, -0.05) is 30.3 Å². The largest absolute Gasteiger partial charge is 0.481 e. The van der Waals surface area contributed by atoms with Gasteiger partial charge in [0.15, 0.2) is 5.78 Å². The number of rotatable bonds is 8. The zero-order valence-electron chi connectivity index (χ0n) is 11.4. The van der Waals surface area contributed by atoms with Crippen molar-refractivity contribution in [3.05, 3.63) is 54.1 Å². The molecule has 1 heterocycles. The van der Waals surface area contributed by atoms with Gasteiger partial charge in [0.05, 0.1) is 18.6 Å². The van der Waals surface area contributed by atoms with Crippen molar-refractivity contribution >= 4 is 11.8 Å². The quantitative estimate of drug-likeness (QED) is 0.717. The van der Waals surface area contributed by atoms with Gasteiger partial charge < -0.3 is 14.8 Å². The lowest BCUT2D eigenvalue weighted by molar-refractivity contribution is -0.147. The highest BCUT2D eigenvalue weighted by molar-refractivity contribution is 5.99. The fraction of sp³-hybridized carbons (Fsp3) is 0.267. The van der Waals surface area contributed by atoms with Crippen LogP contribution >= 0.6 is 0 Å². The molecule has 6 nitrogen and oxygen atoms in total. The zero-order chi connectivity index (χ0) is 15.1. The molecule has 1 aromatic carbocycles. The van der Waals surface area contributed by atoms with Crippen LogP contribution in [0.15, 0.2) is 42.9 Å². The van der Waals surface area contributed by atoms with Crippen LogP contribution in [0.25, 0.3) is 0 Å². The number of nitrogens with zero attached hydrogens (tertiary/aromatic N) is 1. The summed E-state index contributed by atoms with van der Waals surface area (Å²) in [6, 6.07) is 9.39. The second-order valence-corrected chi connectivity index (χ2v) is 4.60. The Bertz CT molecular complexity index is 581. The van der Waals surface area contributed by atoms with E-state index in [1.807, 2.05) is 30.3 Å². The molecule has 2 N–H and O–H groups in total. The number of ketones is 1. The van der Waals surface area contributed by atoms with Crippen molar-refractivity contribution in [2.75, 3.05) is 6.61 Å². The molecule has 0 spiro atoms. The van der Waals surface area contributed by atoms with Crippen molar-refractivity contribution in [2.24, 2.45) is 5.92 Å². The van der Waals surface area contributed by atoms with Gasteiger partial charge >= 0.3 is 5.97 Å². The second kappa shape index (κ2) is 7.35. The van der Waals surface area contributed by atoms with Gasteiger partial charge in [0, 0.05) is 12.6 Å². The van der Waals surface area contributed by atoms with Crippen LogP contribution in [-0.4, -0.2) is 33.4 Å². The van der Waals surface area contributed by atoms with Gasteiger partial charge in [0.25, 0.3) is 0 Å². The summed E-state index contributed by atoms with van der Waals surface area (Å²) < 4.78 is 5.29. The predicted molar refractivity (Wildman–Crippen MR) is 74.5 cm³/mol. The van der Waals surface area contributed by atoms with E-state index in [0.29, 0.717) is 5.69 Å². The van der Waals surface area contributed by atoms with Crippen LogP contribution in [0.1, 0.15) is 11.3 Å². The molecule has 0 aliphatic carbocycles. The van der Waals surface area contributed by atoms with Crippen LogP contribution in [-0.2, 0) is 27.4 Å². The van der Waals surface area contributed by atoms with Crippen molar-refractivity contribution < 1.29 is 19.4 Å². The number of aromatic amines is 1. The number of nitrogens with one attached hydrogen (secondary N) is 1. The Morgan fingerprint density at radius 1 is 1.29 bits per heavy atom. The molecule has 0 aliphatic heterocycles. The number of carboxylic acid groups (broad SMARTS) is 1. The van der Waals surface area contributed by atoms with E-state index in [1.54, 1.807) is 6.20 Å². The molecular formula is C15H16N2O4. The highest BCUT2D eigenvalue weighted by Gasteiger charge is 2.27. The van der Waals surface area contributed by atoms with Crippen LogP contribution < -0.4 is 0 Å². The topological polar surface area (TPSA) is 92.3 Å². The Labute approximate surface area is 121 Å². The molecule has 1 aromatic heterocycles. The van der Waals surface area contributed by atoms with Gasteiger partial charge in [-0.2, -0.15) is 0 Å². The molecule has 1 unspecified atom stereocenters. The number of aromatic nitrogens is 2. The lowest BCUT2D eigenvalue weighted by atomic mass is 9.99. The van der Waals surface area contributed by atoms with Crippen LogP contribution in [0, 0.1) is 5.92 Å². The molecule has 0 amide bonds. The number of hydrogen-bond acceptors (Lipinski definition) is 4. The molecule has 0 bridgehead atoms. The minimum absolute atomic E-state index is 0.0619. The number of carbonyl (C=O) groups excluding carboxylic acids is 1. The summed E-state index contributed by atoms with van der Waals surface area (Å²) in [4.78, 5) is 29.8. The van der Waals surface area contributed by atoms with Crippen molar-refractivity contribution in [1.29, 1.82) is 0 Å². The van der Waals surface area contributed by atoms with E-state index in [4.69, 9.17) is 9.84 Å². The summed E-state index contributed by atoms with van der Waals surface area (Å²) in [7, 11) is 0. The van der Waals surface area contributed by atoms with Crippen LogP contribution in [0.5, 0.6) is 0 Å². The average Bonchev–Trinajstić information content (AvgIpc) is 2.98. The molecule has 1 atom stereocenters.